The van der Waals surface area contributed by atoms with Gasteiger partial charge in [0.25, 0.3) is 0 Å². The number of unbranched alkanes of at least 4 members (excludes halogenated alkanes) is 3. The Morgan fingerprint density at radius 2 is 1.47 bits per heavy atom. The number of ether oxygens (including phenoxy) is 1. The monoisotopic (exact) mass is 530 g/mol. The van der Waals surface area contributed by atoms with Gasteiger partial charge in [0, 0.05) is 0 Å². The molecule has 5 heteroatoms. The zero-order valence-corrected chi connectivity index (χ0v) is 23.3. The fraction of sp³-hybridized carbons (Fsp3) is 0.760. The molecule has 1 unspecified atom stereocenters. The standard InChI is InChI=1S/C13H19O4.3C4H9.Sn/c1-5-7-13(11(3)15,12(16)17-4)8-6-10(2)9-14;3*1-3-4-2;/h6,14H,1,7-9H2,2-4H3;3*1,3-4H2,2H3;/b10-6+;;;;. The molecule has 0 radical (unpaired) electrons. The summed E-state index contributed by atoms with van der Waals surface area (Å²) in [6, 6.07) is 0. The molecule has 0 aromatic rings. The number of methoxy groups -OCH3 is 1. The van der Waals surface area contributed by atoms with Crippen LogP contribution in [0.5, 0.6) is 0 Å². The number of carbonyl (C=O) groups excluding carboxylic acids is 2. The van der Waals surface area contributed by atoms with E-state index < -0.39 is 29.8 Å². The zero-order chi connectivity index (χ0) is 23.2. The summed E-state index contributed by atoms with van der Waals surface area (Å²) in [6.45, 7) is 14.5. The molecule has 0 spiro atoms. The molecule has 1 atom stereocenters. The van der Waals surface area contributed by atoms with Gasteiger partial charge in [-0.25, -0.2) is 0 Å². The summed E-state index contributed by atoms with van der Waals surface area (Å²) in [6.07, 6.45) is 9.58. The Bertz CT molecular complexity index is 560. The number of aliphatic hydroxyl groups excluding tert-OH is 1. The van der Waals surface area contributed by atoms with Crippen LogP contribution in [0.4, 0.5) is 0 Å². The molecule has 0 heterocycles. The van der Waals surface area contributed by atoms with Crippen LogP contribution in [-0.2, 0) is 14.3 Å². The van der Waals surface area contributed by atoms with Crippen molar-refractivity contribution in [3.63, 3.8) is 0 Å². The summed E-state index contributed by atoms with van der Waals surface area (Å²) >= 11 is -2.79. The third-order valence-electron chi connectivity index (χ3n) is 6.59. The van der Waals surface area contributed by atoms with Crippen LogP contribution in [-0.4, -0.2) is 49.0 Å². The minimum atomic E-state index is -2.79. The van der Waals surface area contributed by atoms with E-state index in [0.717, 1.165) is 24.8 Å². The van der Waals surface area contributed by atoms with Gasteiger partial charge in [-0.05, 0) is 0 Å². The molecule has 174 valence electrons. The fourth-order valence-corrected chi connectivity index (χ4v) is 20.2. The van der Waals surface area contributed by atoms with Crippen LogP contribution in [0.2, 0.25) is 13.3 Å². The van der Waals surface area contributed by atoms with Crippen LogP contribution in [0, 0.1) is 5.41 Å². The minimum absolute atomic E-state index is 0.0806. The molecule has 0 bridgehead atoms. The van der Waals surface area contributed by atoms with Crippen molar-refractivity contribution in [2.75, 3.05) is 13.7 Å². The summed E-state index contributed by atoms with van der Waals surface area (Å²) in [7, 11) is 1.35. The molecule has 0 fully saturated rings. The van der Waals surface area contributed by atoms with E-state index >= 15 is 0 Å². The van der Waals surface area contributed by atoms with Gasteiger partial charge in [-0.3, -0.25) is 0 Å². The van der Waals surface area contributed by atoms with Crippen LogP contribution in [0.25, 0.3) is 0 Å². The van der Waals surface area contributed by atoms with Crippen LogP contribution in [0.3, 0.4) is 0 Å². The van der Waals surface area contributed by atoms with Gasteiger partial charge in [-0.1, -0.05) is 0 Å². The predicted octanol–water partition coefficient (Wildman–Crippen LogP) is 6.40. The van der Waals surface area contributed by atoms with E-state index in [1.807, 2.05) is 13.0 Å². The van der Waals surface area contributed by atoms with Gasteiger partial charge in [0.05, 0.1) is 0 Å². The van der Waals surface area contributed by atoms with Gasteiger partial charge in [-0.2, -0.15) is 0 Å². The quantitative estimate of drug-likeness (QED) is 0.103. The van der Waals surface area contributed by atoms with Gasteiger partial charge >= 0.3 is 190 Å². The van der Waals surface area contributed by atoms with Crippen LogP contribution in [0.15, 0.2) is 21.8 Å². The summed E-state index contributed by atoms with van der Waals surface area (Å²) in [4.78, 5) is 25.8. The maximum atomic E-state index is 12.9. The van der Waals surface area contributed by atoms with E-state index in [1.54, 1.807) is 0 Å². The molecule has 1 N–H and O–H groups in total. The zero-order valence-electron chi connectivity index (χ0n) is 20.4. The molecule has 0 aromatic carbocycles. The topological polar surface area (TPSA) is 63.6 Å². The van der Waals surface area contributed by atoms with Gasteiger partial charge < -0.3 is 0 Å². The molecule has 4 nitrogen and oxygen atoms in total. The Labute approximate surface area is 189 Å². The first-order valence-electron chi connectivity index (χ1n) is 11.7. The Hall–Kier alpha value is -0.621. The molecule has 30 heavy (non-hydrogen) atoms. The third-order valence-corrected chi connectivity index (χ3v) is 22.6. The number of rotatable bonds is 17. The number of hydrogen-bond acceptors (Lipinski definition) is 4. The molecule has 0 aliphatic heterocycles. The third kappa shape index (κ3) is 8.49. The van der Waals surface area contributed by atoms with Gasteiger partial charge in [0.1, 0.15) is 0 Å². The molecule has 0 rings (SSSR count). The number of esters is 1. The second-order valence-corrected chi connectivity index (χ2v) is 22.5. The van der Waals surface area contributed by atoms with E-state index in [4.69, 9.17) is 4.74 Å². The van der Waals surface area contributed by atoms with Crippen molar-refractivity contribution >= 4 is 30.1 Å². The van der Waals surface area contributed by atoms with Crippen molar-refractivity contribution in [1.82, 2.24) is 0 Å². The van der Waals surface area contributed by atoms with Crippen LogP contribution < -0.4 is 0 Å². The molecule has 0 amide bonds. The number of Topliss-reactive ketones (excluding diaryl/α,β-unsaturated/α-hetero) is 1. The van der Waals surface area contributed by atoms with Crippen LogP contribution in [0.1, 0.15) is 86.0 Å². The molecule has 0 saturated carbocycles. The van der Waals surface area contributed by atoms with Crippen molar-refractivity contribution < 1.29 is 19.4 Å². The average molecular weight is 529 g/mol. The molecule has 0 saturated heterocycles. The fourth-order valence-electron chi connectivity index (χ4n) is 4.25. The Morgan fingerprint density at radius 1 is 1.00 bits per heavy atom. The number of aliphatic hydroxyl groups is 1. The summed E-state index contributed by atoms with van der Waals surface area (Å²) in [5.74, 6) is -0.640. The average Bonchev–Trinajstić information content (AvgIpc) is 2.74. The first kappa shape index (κ1) is 29.4. The van der Waals surface area contributed by atoms with E-state index in [0.29, 0.717) is 6.42 Å². The van der Waals surface area contributed by atoms with Crippen LogP contribution >= 0.6 is 0 Å². The van der Waals surface area contributed by atoms with Gasteiger partial charge in [0.2, 0.25) is 0 Å². The Kier molecular flexibility index (Phi) is 14.9. The predicted molar refractivity (Wildman–Crippen MR) is 129 cm³/mol. The van der Waals surface area contributed by atoms with Gasteiger partial charge in [0.15, 0.2) is 0 Å². The normalized spacial score (nSPS) is 14.3. The second-order valence-electron chi connectivity index (χ2n) is 8.91. The molecular formula is C25H46O4Sn. The number of carbonyl (C=O) groups is 2. The number of allylic oxidation sites excluding steroid dienone is 2. The van der Waals surface area contributed by atoms with E-state index in [9.17, 15) is 14.7 Å². The molecular weight excluding hydrogens is 483 g/mol. The Balaban J connectivity index is 6.19. The van der Waals surface area contributed by atoms with E-state index in [-0.39, 0.29) is 18.8 Å². The van der Waals surface area contributed by atoms with Crippen molar-refractivity contribution in [1.29, 1.82) is 0 Å². The Morgan fingerprint density at radius 3 is 1.80 bits per heavy atom. The SMILES string of the molecule is C=[C](CC(C/C=C(\C)CO)(C(C)=O)C(=O)OC)[Sn]([CH2]CCC)([CH2]CCC)[CH2]CCC. The van der Waals surface area contributed by atoms with E-state index in [2.05, 4.69) is 27.4 Å². The molecule has 0 aliphatic carbocycles. The van der Waals surface area contributed by atoms with Crippen molar-refractivity contribution in [3.8, 4) is 0 Å². The second kappa shape index (κ2) is 15.2. The summed E-state index contributed by atoms with van der Waals surface area (Å²) in [5, 5.41) is 9.39. The van der Waals surface area contributed by atoms with E-state index in [1.165, 1.54) is 50.2 Å². The molecule has 0 aromatic heterocycles. The summed E-state index contributed by atoms with van der Waals surface area (Å²) < 4.78 is 10.1. The van der Waals surface area contributed by atoms with Gasteiger partial charge in [-0.15, -0.1) is 0 Å². The number of hydrogen-bond donors (Lipinski definition) is 1. The number of ketones is 1. The first-order valence-corrected chi connectivity index (χ1v) is 19.2. The maximum absolute atomic E-state index is 12.9. The van der Waals surface area contributed by atoms with Crippen molar-refractivity contribution in [2.24, 2.45) is 5.41 Å². The summed E-state index contributed by atoms with van der Waals surface area (Å²) in [5.41, 5.74) is -0.470. The van der Waals surface area contributed by atoms with Crippen molar-refractivity contribution in [3.05, 3.63) is 21.8 Å². The first-order chi connectivity index (χ1) is 14.2. The molecule has 0 aliphatic rings. The van der Waals surface area contributed by atoms with Crippen molar-refractivity contribution in [2.45, 2.75) is 99.3 Å².